The summed E-state index contributed by atoms with van der Waals surface area (Å²) in [6.45, 7) is 7.59. The van der Waals surface area contributed by atoms with Gasteiger partial charge in [-0.1, -0.05) is 56.3 Å². The highest BCUT2D eigenvalue weighted by Gasteiger charge is 2.14. The van der Waals surface area contributed by atoms with Crippen molar-refractivity contribution in [3.63, 3.8) is 0 Å². The van der Waals surface area contributed by atoms with Crippen molar-refractivity contribution >= 4 is 0 Å². The Kier molecular flexibility index (Phi) is 8.62. The number of benzene rings is 2. The zero-order chi connectivity index (χ0) is 18.8. The fourth-order valence-corrected chi connectivity index (χ4v) is 2.95. The summed E-state index contributed by atoms with van der Waals surface area (Å²) in [6, 6.07) is 18.1. The third-order valence-corrected chi connectivity index (χ3v) is 4.08. The van der Waals surface area contributed by atoms with Crippen LogP contribution in [0.15, 0.2) is 54.6 Å². The van der Waals surface area contributed by atoms with Crippen LogP contribution in [0, 0.1) is 5.92 Å². The van der Waals surface area contributed by atoms with Crippen LogP contribution < -0.4 is 4.74 Å². The lowest BCUT2D eigenvalue weighted by molar-refractivity contribution is 0.00678. The molecule has 0 aliphatic rings. The van der Waals surface area contributed by atoms with Crippen molar-refractivity contribution < 1.29 is 14.6 Å². The second kappa shape index (κ2) is 11.0. The van der Waals surface area contributed by atoms with Gasteiger partial charge in [0.05, 0.1) is 26.4 Å². The molecule has 0 heterocycles. The largest absolute Gasteiger partial charge is 0.497 e. The molecule has 4 nitrogen and oxygen atoms in total. The summed E-state index contributed by atoms with van der Waals surface area (Å²) in [4.78, 5) is 2.28. The highest BCUT2D eigenvalue weighted by atomic mass is 16.5. The normalized spacial score (nSPS) is 12.5. The zero-order valence-electron chi connectivity index (χ0n) is 16.1. The lowest BCUT2D eigenvalue weighted by Gasteiger charge is -2.27. The van der Waals surface area contributed by atoms with Gasteiger partial charge < -0.3 is 14.6 Å². The topological polar surface area (TPSA) is 41.9 Å². The van der Waals surface area contributed by atoms with Gasteiger partial charge in [0.1, 0.15) is 5.75 Å². The third kappa shape index (κ3) is 7.56. The molecular weight excluding hydrogens is 326 g/mol. The Labute approximate surface area is 157 Å². The molecule has 0 bridgehead atoms. The maximum atomic E-state index is 10.4. The number of aliphatic hydroxyl groups excluding tert-OH is 1. The molecule has 26 heavy (non-hydrogen) atoms. The molecule has 1 atom stereocenters. The van der Waals surface area contributed by atoms with Gasteiger partial charge in [-0.25, -0.2) is 0 Å². The minimum atomic E-state index is -0.504. The maximum Gasteiger partial charge on any atom is 0.118 e. The summed E-state index contributed by atoms with van der Waals surface area (Å²) in [5.74, 6) is 1.39. The molecule has 0 aliphatic carbocycles. The van der Waals surface area contributed by atoms with Crippen molar-refractivity contribution in [1.29, 1.82) is 0 Å². The summed E-state index contributed by atoms with van der Waals surface area (Å²) in [6.07, 6.45) is -0.504. The van der Waals surface area contributed by atoms with Gasteiger partial charge in [0, 0.05) is 19.6 Å². The van der Waals surface area contributed by atoms with E-state index in [0.29, 0.717) is 25.7 Å². The van der Waals surface area contributed by atoms with Gasteiger partial charge in [-0.3, -0.25) is 4.90 Å². The number of rotatable bonds is 11. The summed E-state index contributed by atoms with van der Waals surface area (Å²) in [5.41, 5.74) is 2.33. The number of aliphatic hydroxyl groups is 1. The van der Waals surface area contributed by atoms with Gasteiger partial charge in [0.25, 0.3) is 0 Å². The van der Waals surface area contributed by atoms with Crippen molar-refractivity contribution in [2.45, 2.75) is 33.1 Å². The van der Waals surface area contributed by atoms with E-state index in [1.165, 1.54) is 5.56 Å². The molecule has 2 rings (SSSR count). The molecule has 0 spiro atoms. The fraction of sp³-hybridized carbons (Fsp3) is 0.455. The van der Waals surface area contributed by atoms with Gasteiger partial charge in [0.2, 0.25) is 0 Å². The molecule has 1 N–H and O–H groups in total. The monoisotopic (exact) mass is 357 g/mol. The predicted octanol–water partition coefficient (Wildman–Crippen LogP) is 3.73. The fourth-order valence-electron chi connectivity index (χ4n) is 2.95. The first-order valence-electron chi connectivity index (χ1n) is 9.22. The van der Waals surface area contributed by atoms with E-state index in [0.717, 1.165) is 24.4 Å². The number of hydrogen-bond donors (Lipinski definition) is 1. The predicted molar refractivity (Wildman–Crippen MR) is 105 cm³/mol. The van der Waals surface area contributed by atoms with Gasteiger partial charge in [0.15, 0.2) is 0 Å². The minimum Gasteiger partial charge on any atom is -0.497 e. The SMILES string of the molecule is COc1ccc(CN(CC(C)C)CC(O)COCc2ccccc2)cc1. The van der Waals surface area contributed by atoms with Crippen molar-refractivity contribution in [2.75, 3.05) is 26.8 Å². The van der Waals surface area contributed by atoms with E-state index in [2.05, 4.69) is 30.9 Å². The molecule has 4 heteroatoms. The van der Waals surface area contributed by atoms with Crippen LogP contribution in [0.3, 0.4) is 0 Å². The Morgan fingerprint density at radius 1 is 0.923 bits per heavy atom. The van der Waals surface area contributed by atoms with Gasteiger partial charge >= 0.3 is 0 Å². The Morgan fingerprint density at radius 3 is 2.23 bits per heavy atom. The molecule has 0 radical (unpaired) electrons. The van der Waals surface area contributed by atoms with Crippen LogP contribution in [-0.4, -0.2) is 42.9 Å². The van der Waals surface area contributed by atoms with Crippen LogP contribution >= 0.6 is 0 Å². The Morgan fingerprint density at radius 2 is 1.62 bits per heavy atom. The molecule has 2 aromatic rings. The Hall–Kier alpha value is -1.88. The van der Waals surface area contributed by atoms with E-state index in [4.69, 9.17) is 9.47 Å². The zero-order valence-corrected chi connectivity index (χ0v) is 16.1. The van der Waals surface area contributed by atoms with Gasteiger partial charge in [-0.15, -0.1) is 0 Å². The van der Waals surface area contributed by atoms with Crippen molar-refractivity contribution in [2.24, 2.45) is 5.92 Å². The molecule has 142 valence electrons. The van der Waals surface area contributed by atoms with E-state index in [-0.39, 0.29) is 0 Å². The molecule has 0 saturated heterocycles. The van der Waals surface area contributed by atoms with E-state index >= 15 is 0 Å². The average Bonchev–Trinajstić information content (AvgIpc) is 2.62. The quantitative estimate of drug-likeness (QED) is 0.665. The Bertz CT molecular complexity index is 613. The number of methoxy groups -OCH3 is 1. The molecule has 0 aliphatic heterocycles. The van der Waals surface area contributed by atoms with Crippen molar-refractivity contribution in [3.05, 3.63) is 65.7 Å². The average molecular weight is 357 g/mol. The van der Waals surface area contributed by atoms with Crippen molar-refractivity contribution in [1.82, 2.24) is 4.90 Å². The maximum absolute atomic E-state index is 10.4. The summed E-state index contributed by atoms with van der Waals surface area (Å²) >= 11 is 0. The molecule has 0 aromatic heterocycles. The van der Waals surface area contributed by atoms with Crippen LogP contribution in [0.5, 0.6) is 5.75 Å². The van der Waals surface area contributed by atoms with Gasteiger partial charge in [-0.05, 0) is 29.2 Å². The number of nitrogens with zero attached hydrogens (tertiary/aromatic N) is 1. The summed E-state index contributed by atoms with van der Waals surface area (Å²) in [5, 5.41) is 10.4. The molecule has 0 amide bonds. The van der Waals surface area contributed by atoms with Crippen LogP contribution in [0.25, 0.3) is 0 Å². The highest BCUT2D eigenvalue weighted by molar-refractivity contribution is 5.27. The Balaban J connectivity index is 1.83. The van der Waals surface area contributed by atoms with Crippen LogP contribution in [0.4, 0.5) is 0 Å². The van der Waals surface area contributed by atoms with E-state index < -0.39 is 6.10 Å². The lowest BCUT2D eigenvalue weighted by atomic mass is 10.1. The van der Waals surface area contributed by atoms with E-state index in [1.807, 2.05) is 42.5 Å². The first-order chi connectivity index (χ1) is 12.6. The number of hydrogen-bond acceptors (Lipinski definition) is 4. The molecule has 0 saturated carbocycles. The second-order valence-electron chi connectivity index (χ2n) is 7.09. The lowest BCUT2D eigenvalue weighted by Crippen LogP contribution is -2.36. The van der Waals surface area contributed by atoms with Gasteiger partial charge in [-0.2, -0.15) is 0 Å². The summed E-state index contributed by atoms with van der Waals surface area (Å²) in [7, 11) is 1.67. The van der Waals surface area contributed by atoms with Crippen LogP contribution in [0.2, 0.25) is 0 Å². The molecule has 0 fully saturated rings. The minimum absolute atomic E-state index is 0.339. The van der Waals surface area contributed by atoms with E-state index in [1.54, 1.807) is 7.11 Å². The first kappa shape index (κ1) is 20.4. The third-order valence-electron chi connectivity index (χ3n) is 4.08. The van der Waals surface area contributed by atoms with Crippen molar-refractivity contribution in [3.8, 4) is 5.75 Å². The molecular formula is C22H31NO3. The standard InChI is InChI=1S/C22H31NO3/c1-18(2)13-23(14-19-9-11-22(25-3)12-10-19)15-21(24)17-26-16-20-7-5-4-6-8-20/h4-12,18,21,24H,13-17H2,1-3H3. The number of ether oxygens (including phenoxy) is 2. The smallest absolute Gasteiger partial charge is 0.118 e. The molecule has 2 aromatic carbocycles. The highest BCUT2D eigenvalue weighted by Crippen LogP contribution is 2.14. The summed E-state index contributed by atoms with van der Waals surface area (Å²) < 4.78 is 10.9. The van der Waals surface area contributed by atoms with Crippen LogP contribution in [0.1, 0.15) is 25.0 Å². The van der Waals surface area contributed by atoms with E-state index in [9.17, 15) is 5.11 Å². The first-order valence-corrected chi connectivity index (χ1v) is 9.22. The second-order valence-corrected chi connectivity index (χ2v) is 7.09. The molecule has 1 unspecified atom stereocenters. The van der Waals surface area contributed by atoms with Crippen LogP contribution in [-0.2, 0) is 17.9 Å².